The van der Waals surface area contributed by atoms with Crippen LogP contribution < -0.4 is 0 Å². The molecule has 0 unspecified atom stereocenters. The molecule has 12 nitrogen and oxygen atoms in total. The third-order valence-electron chi connectivity index (χ3n) is 0. The molecule has 9 N–H and O–H groups in total. The standard InChI is InChI=1S/Li.3H3O4P.H/c;3*1-5(2,3)4;/h;3*(H3,1,2,3,4);. The molecule has 0 rings (SSSR count). The zero-order chi connectivity index (χ0) is 13.5. The number of phosphoric acid groups is 3. The summed E-state index contributed by atoms with van der Waals surface area (Å²) in [6.45, 7) is 0. The van der Waals surface area contributed by atoms with E-state index in [4.69, 9.17) is 57.7 Å². The molecule has 0 aliphatic rings. The van der Waals surface area contributed by atoms with Crippen molar-refractivity contribution in [1.82, 2.24) is 0 Å². The molecular formula is H10LiO12P3. The van der Waals surface area contributed by atoms with Crippen LogP contribution in [0.4, 0.5) is 0 Å². The van der Waals surface area contributed by atoms with Crippen LogP contribution in [-0.4, -0.2) is 62.9 Å². The monoisotopic (exact) mass is 302 g/mol. The minimum absolute atomic E-state index is 0. The molecule has 0 radical (unpaired) electrons. The molecule has 0 aromatic carbocycles. The average molecular weight is 302 g/mol. The summed E-state index contributed by atoms with van der Waals surface area (Å²) in [5.74, 6) is 0. The van der Waals surface area contributed by atoms with Crippen molar-refractivity contribution in [3.8, 4) is 0 Å². The number of rotatable bonds is 0. The van der Waals surface area contributed by atoms with Crippen molar-refractivity contribution in [1.29, 1.82) is 0 Å². The average Bonchev–Trinajstić information content (AvgIpc) is 1.41. The fraction of sp³-hybridized carbons (Fsp3) is 0. The van der Waals surface area contributed by atoms with E-state index in [1.54, 1.807) is 0 Å². The second-order valence-electron chi connectivity index (χ2n) is 1.54. The summed E-state index contributed by atoms with van der Waals surface area (Å²) >= 11 is 0. The van der Waals surface area contributed by atoms with Gasteiger partial charge in [-0.15, -0.1) is 0 Å². The molecule has 0 amide bonds. The molecule has 98 valence electrons. The summed E-state index contributed by atoms with van der Waals surface area (Å²) in [6, 6.07) is 0. The van der Waals surface area contributed by atoms with Crippen LogP contribution >= 0.6 is 23.5 Å². The molecule has 0 atom stereocenters. The van der Waals surface area contributed by atoms with Gasteiger partial charge in [0.25, 0.3) is 0 Å². The molecule has 0 saturated carbocycles. The van der Waals surface area contributed by atoms with Crippen LogP contribution in [0.25, 0.3) is 0 Å². The van der Waals surface area contributed by atoms with Gasteiger partial charge in [0, 0.05) is 0 Å². The normalized spacial score (nSPS) is 11.1. The predicted molar refractivity (Wildman–Crippen MR) is 49.9 cm³/mol. The Hall–Kier alpha value is 0.927. The third-order valence-corrected chi connectivity index (χ3v) is 0. The summed E-state index contributed by atoms with van der Waals surface area (Å²) in [5.41, 5.74) is 0. The van der Waals surface area contributed by atoms with Gasteiger partial charge in [0.15, 0.2) is 0 Å². The van der Waals surface area contributed by atoms with Gasteiger partial charge < -0.3 is 44.0 Å². The Bertz CT molecular complexity index is 202. The molecule has 16 heavy (non-hydrogen) atoms. The SMILES string of the molecule is O=P(O)(O)O.O=P(O)(O)O.O=P(O)(O)O.[LiH]. The Balaban J connectivity index is -0.0000000655. The Morgan fingerprint density at radius 1 is 0.438 bits per heavy atom. The Morgan fingerprint density at radius 2 is 0.438 bits per heavy atom. The van der Waals surface area contributed by atoms with Crippen molar-refractivity contribution in [2.75, 3.05) is 0 Å². The molecule has 0 spiro atoms. The zero-order valence-electron chi connectivity index (χ0n) is 6.59. The van der Waals surface area contributed by atoms with Gasteiger partial charge in [-0.05, 0) is 0 Å². The minimum atomic E-state index is -4.64. The first-order valence-corrected chi connectivity index (χ1v) is 7.04. The summed E-state index contributed by atoms with van der Waals surface area (Å²) < 4.78 is 26.6. The summed E-state index contributed by atoms with van der Waals surface area (Å²) in [6.07, 6.45) is 0. The Labute approximate surface area is 100 Å². The van der Waals surface area contributed by atoms with Crippen LogP contribution in [0, 0.1) is 0 Å². The van der Waals surface area contributed by atoms with Crippen LogP contribution in [0.3, 0.4) is 0 Å². The summed E-state index contributed by atoms with van der Waals surface area (Å²) in [7, 11) is -13.9. The molecule has 0 bridgehead atoms. The molecular weight excluding hydrogens is 292 g/mol. The van der Waals surface area contributed by atoms with Crippen LogP contribution in [0.2, 0.25) is 0 Å². The van der Waals surface area contributed by atoms with Gasteiger partial charge in [0.2, 0.25) is 0 Å². The van der Waals surface area contributed by atoms with Crippen LogP contribution in [-0.2, 0) is 13.7 Å². The maximum atomic E-state index is 8.88. The third kappa shape index (κ3) is 3370. The van der Waals surface area contributed by atoms with Gasteiger partial charge in [0.1, 0.15) is 0 Å². The van der Waals surface area contributed by atoms with Crippen LogP contribution in [0.1, 0.15) is 0 Å². The molecule has 0 aliphatic heterocycles. The molecule has 16 heteroatoms. The topological polar surface area (TPSA) is 233 Å². The second kappa shape index (κ2) is 9.91. The van der Waals surface area contributed by atoms with E-state index in [9.17, 15) is 0 Å². The van der Waals surface area contributed by atoms with Gasteiger partial charge >= 0.3 is 42.3 Å². The van der Waals surface area contributed by atoms with E-state index in [1.165, 1.54) is 0 Å². The van der Waals surface area contributed by atoms with Crippen LogP contribution in [0.5, 0.6) is 0 Å². The summed E-state index contributed by atoms with van der Waals surface area (Å²) in [4.78, 5) is 64.7. The molecule has 0 aromatic heterocycles. The van der Waals surface area contributed by atoms with E-state index in [-0.39, 0.29) is 18.9 Å². The van der Waals surface area contributed by atoms with Gasteiger partial charge in [-0.1, -0.05) is 0 Å². The van der Waals surface area contributed by atoms with E-state index in [0.717, 1.165) is 0 Å². The van der Waals surface area contributed by atoms with E-state index >= 15 is 0 Å². The molecule has 0 saturated heterocycles. The van der Waals surface area contributed by atoms with Crippen LogP contribution in [0.15, 0.2) is 0 Å². The molecule has 0 fully saturated rings. The van der Waals surface area contributed by atoms with Gasteiger partial charge in [-0.25, -0.2) is 13.7 Å². The first-order valence-electron chi connectivity index (χ1n) is 2.35. The van der Waals surface area contributed by atoms with E-state index < -0.39 is 23.5 Å². The Morgan fingerprint density at radius 3 is 0.438 bits per heavy atom. The fourth-order valence-electron chi connectivity index (χ4n) is 0. The van der Waals surface area contributed by atoms with Crippen molar-refractivity contribution in [2.45, 2.75) is 0 Å². The maximum absolute atomic E-state index is 8.88. The second-order valence-corrected chi connectivity index (χ2v) is 4.62. The van der Waals surface area contributed by atoms with Crippen molar-refractivity contribution < 1.29 is 57.7 Å². The zero-order valence-corrected chi connectivity index (χ0v) is 9.27. The fourth-order valence-corrected chi connectivity index (χ4v) is 0. The number of hydrogen-bond donors (Lipinski definition) is 9. The first kappa shape index (κ1) is 25.7. The summed E-state index contributed by atoms with van der Waals surface area (Å²) in [5, 5.41) is 0. The number of hydrogen-bond acceptors (Lipinski definition) is 3. The molecule has 0 aromatic rings. The quantitative estimate of drug-likeness (QED) is 0.157. The van der Waals surface area contributed by atoms with Crippen molar-refractivity contribution in [2.24, 2.45) is 0 Å². The van der Waals surface area contributed by atoms with Gasteiger partial charge in [-0.3, -0.25) is 0 Å². The van der Waals surface area contributed by atoms with Gasteiger partial charge in [-0.2, -0.15) is 0 Å². The van der Waals surface area contributed by atoms with Crippen molar-refractivity contribution in [3.63, 3.8) is 0 Å². The van der Waals surface area contributed by atoms with E-state index in [1.807, 2.05) is 0 Å². The van der Waals surface area contributed by atoms with Crippen molar-refractivity contribution >= 4 is 42.3 Å². The molecule has 0 aliphatic carbocycles. The van der Waals surface area contributed by atoms with Crippen molar-refractivity contribution in [3.05, 3.63) is 0 Å². The van der Waals surface area contributed by atoms with Gasteiger partial charge in [0.05, 0.1) is 0 Å². The molecule has 0 heterocycles. The van der Waals surface area contributed by atoms with E-state index in [2.05, 4.69) is 0 Å². The first-order chi connectivity index (χ1) is 6.00. The van der Waals surface area contributed by atoms with E-state index in [0.29, 0.717) is 0 Å². The Kier molecular flexibility index (Phi) is 15.9. The predicted octanol–water partition coefficient (Wildman–Crippen LogP) is -3.43.